The number of hydrogen-bond acceptors (Lipinski definition) is 3. The smallest absolute Gasteiger partial charge is 0.134 e. The lowest BCUT2D eigenvalue weighted by Crippen LogP contribution is -2.27. The predicted octanol–water partition coefficient (Wildman–Crippen LogP) is 1.98. The van der Waals surface area contributed by atoms with Gasteiger partial charge in [-0.05, 0) is 17.7 Å². The number of ether oxygens (including phenoxy) is 1. The number of anilines is 1. The molecule has 0 amide bonds. The number of halogens is 1. The second-order valence-corrected chi connectivity index (χ2v) is 4.53. The minimum Gasteiger partial charge on any atom is -0.378 e. The van der Waals surface area contributed by atoms with Gasteiger partial charge < -0.3 is 9.64 Å². The van der Waals surface area contributed by atoms with Crippen LogP contribution in [-0.4, -0.2) is 32.6 Å². The van der Waals surface area contributed by atoms with Crippen LogP contribution in [0.2, 0.25) is 0 Å². The molecule has 16 heavy (non-hydrogen) atoms. The van der Waals surface area contributed by atoms with E-state index in [2.05, 4.69) is 34.5 Å². The Balaban J connectivity index is 2.05. The Morgan fingerprint density at radius 3 is 2.56 bits per heavy atom. The molecule has 0 bridgehead atoms. The topological polar surface area (TPSA) is 24.5 Å². The summed E-state index contributed by atoms with van der Waals surface area (Å²) in [5.74, 6) is 0.590. The molecular weight excluding hydrogens is 224 g/mol. The predicted molar refractivity (Wildman–Crippen MR) is 67.1 cm³/mol. The van der Waals surface area contributed by atoms with Crippen LogP contribution in [0.3, 0.4) is 0 Å². The summed E-state index contributed by atoms with van der Waals surface area (Å²) in [7, 11) is 4.06. The summed E-state index contributed by atoms with van der Waals surface area (Å²) in [6.07, 6.45) is -0.0139. The average molecular weight is 241 g/mol. The summed E-state index contributed by atoms with van der Waals surface area (Å²) < 4.78 is 5.63. The van der Waals surface area contributed by atoms with E-state index in [1.165, 1.54) is 5.69 Å². The van der Waals surface area contributed by atoms with Crippen LogP contribution >= 0.6 is 11.6 Å². The van der Waals surface area contributed by atoms with E-state index in [1.54, 1.807) is 0 Å². The van der Waals surface area contributed by atoms with Gasteiger partial charge in [-0.2, -0.15) is 0 Å². The van der Waals surface area contributed by atoms with Crippen molar-refractivity contribution in [1.29, 1.82) is 0 Å². The normalized spacial score (nSPS) is 24.7. The fraction of sp³-hybridized carbons (Fsp3) is 0.500. The molecule has 1 N–H and O–H groups in total. The molecule has 1 aliphatic heterocycles. The molecule has 0 saturated carbocycles. The van der Waals surface area contributed by atoms with Crippen LogP contribution in [0.4, 0.5) is 5.69 Å². The zero-order chi connectivity index (χ0) is 11.5. The first-order valence-corrected chi connectivity index (χ1v) is 5.95. The van der Waals surface area contributed by atoms with Crippen molar-refractivity contribution in [1.82, 2.24) is 5.32 Å². The van der Waals surface area contributed by atoms with Gasteiger partial charge in [0, 0.05) is 31.7 Å². The zero-order valence-corrected chi connectivity index (χ0v) is 10.4. The Morgan fingerprint density at radius 1 is 1.38 bits per heavy atom. The van der Waals surface area contributed by atoms with Crippen LogP contribution in [0, 0.1) is 0 Å². The Hall–Kier alpha value is -0.770. The second-order valence-electron chi connectivity index (χ2n) is 4.22. The number of alkyl halides is 1. The summed E-state index contributed by atoms with van der Waals surface area (Å²) in [5, 5.41) is 3.34. The van der Waals surface area contributed by atoms with E-state index in [-0.39, 0.29) is 12.3 Å². The van der Waals surface area contributed by atoms with E-state index in [1.807, 2.05) is 14.1 Å². The average Bonchev–Trinajstić information content (AvgIpc) is 2.77. The van der Waals surface area contributed by atoms with Crippen molar-refractivity contribution in [3.8, 4) is 0 Å². The molecule has 0 radical (unpaired) electrons. The number of benzene rings is 1. The molecule has 1 aromatic carbocycles. The number of rotatable bonds is 3. The molecule has 0 spiro atoms. The monoisotopic (exact) mass is 240 g/mol. The van der Waals surface area contributed by atoms with E-state index in [4.69, 9.17) is 16.3 Å². The molecule has 88 valence electrons. The molecule has 2 atom stereocenters. The van der Waals surface area contributed by atoms with Gasteiger partial charge in [-0.3, -0.25) is 5.32 Å². The SMILES string of the molecule is CN(C)c1ccc([C@H]2N[C@H](CCl)CO2)cc1. The van der Waals surface area contributed by atoms with Gasteiger partial charge in [0.2, 0.25) is 0 Å². The molecule has 1 heterocycles. The molecule has 3 nitrogen and oxygen atoms in total. The van der Waals surface area contributed by atoms with Crippen molar-refractivity contribution >= 4 is 17.3 Å². The quantitative estimate of drug-likeness (QED) is 0.818. The molecule has 0 unspecified atom stereocenters. The van der Waals surface area contributed by atoms with Crippen molar-refractivity contribution in [3.63, 3.8) is 0 Å². The fourth-order valence-electron chi connectivity index (χ4n) is 1.75. The number of hydrogen-bond donors (Lipinski definition) is 1. The fourth-order valence-corrected chi connectivity index (χ4v) is 1.93. The maximum atomic E-state index is 5.78. The van der Waals surface area contributed by atoms with Crippen LogP contribution < -0.4 is 10.2 Å². The highest BCUT2D eigenvalue weighted by Gasteiger charge is 2.24. The maximum absolute atomic E-state index is 5.78. The molecule has 0 aromatic heterocycles. The van der Waals surface area contributed by atoms with E-state index in [0.717, 1.165) is 5.56 Å². The van der Waals surface area contributed by atoms with Crippen LogP contribution in [0.25, 0.3) is 0 Å². The van der Waals surface area contributed by atoms with Crippen LogP contribution in [0.5, 0.6) is 0 Å². The molecule has 1 aromatic rings. The lowest BCUT2D eigenvalue weighted by atomic mass is 10.1. The number of nitrogens with one attached hydrogen (secondary N) is 1. The molecule has 2 rings (SSSR count). The standard InChI is InChI=1S/C12H17ClN2O/c1-15(2)11-5-3-9(4-6-11)12-14-10(7-13)8-16-12/h3-6,10,12,14H,7-8H2,1-2H3/t10-,12+/m1/s1. The summed E-state index contributed by atoms with van der Waals surface area (Å²) in [6.45, 7) is 0.684. The highest BCUT2D eigenvalue weighted by molar-refractivity contribution is 6.18. The Kier molecular flexibility index (Phi) is 3.69. The van der Waals surface area contributed by atoms with Gasteiger partial charge in [-0.25, -0.2) is 0 Å². The first kappa shape index (κ1) is 11.7. The molecule has 1 fully saturated rings. The van der Waals surface area contributed by atoms with Crippen molar-refractivity contribution in [2.75, 3.05) is 31.5 Å². The molecule has 4 heteroatoms. The van der Waals surface area contributed by atoms with Crippen LogP contribution in [0.1, 0.15) is 11.8 Å². The van der Waals surface area contributed by atoms with Gasteiger partial charge in [0.25, 0.3) is 0 Å². The van der Waals surface area contributed by atoms with Gasteiger partial charge in [0.05, 0.1) is 6.61 Å². The first-order valence-electron chi connectivity index (χ1n) is 5.41. The molecule has 1 saturated heterocycles. The summed E-state index contributed by atoms with van der Waals surface area (Å²) in [4.78, 5) is 2.08. The third-order valence-electron chi connectivity index (χ3n) is 2.75. The third-order valence-corrected chi connectivity index (χ3v) is 3.12. The first-order chi connectivity index (χ1) is 7.70. The van der Waals surface area contributed by atoms with E-state index < -0.39 is 0 Å². The summed E-state index contributed by atoms with van der Waals surface area (Å²) in [6, 6.07) is 8.62. The van der Waals surface area contributed by atoms with Gasteiger partial charge in [-0.15, -0.1) is 11.6 Å². The zero-order valence-electron chi connectivity index (χ0n) is 9.61. The van der Waals surface area contributed by atoms with Crippen molar-refractivity contribution in [2.24, 2.45) is 0 Å². The van der Waals surface area contributed by atoms with Crippen molar-refractivity contribution in [3.05, 3.63) is 29.8 Å². The lowest BCUT2D eigenvalue weighted by Gasteiger charge is -2.15. The van der Waals surface area contributed by atoms with Gasteiger partial charge >= 0.3 is 0 Å². The van der Waals surface area contributed by atoms with Crippen molar-refractivity contribution < 1.29 is 4.74 Å². The van der Waals surface area contributed by atoms with Crippen LogP contribution in [0.15, 0.2) is 24.3 Å². The molecule has 0 aliphatic carbocycles. The third kappa shape index (κ3) is 2.48. The van der Waals surface area contributed by atoms with E-state index >= 15 is 0 Å². The van der Waals surface area contributed by atoms with Gasteiger partial charge in [0.1, 0.15) is 6.23 Å². The Bertz CT molecular complexity index is 339. The molecular formula is C12H17ClN2O. The summed E-state index contributed by atoms with van der Waals surface area (Å²) >= 11 is 5.78. The van der Waals surface area contributed by atoms with Gasteiger partial charge in [-0.1, -0.05) is 12.1 Å². The van der Waals surface area contributed by atoms with Gasteiger partial charge in [0.15, 0.2) is 0 Å². The molecule has 1 aliphatic rings. The lowest BCUT2D eigenvalue weighted by molar-refractivity contribution is 0.101. The minimum absolute atomic E-state index is 0.0139. The largest absolute Gasteiger partial charge is 0.378 e. The Labute approximate surface area is 101 Å². The summed E-state index contributed by atoms with van der Waals surface area (Å²) in [5.41, 5.74) is 2.34. The Morgan fingerprint density at radius 2 is 2.06 bits per heavy atom. The van der Waals surface area contributed by atoms with E-state index in [9.17, 15) is 0 Å². The minimum atomic E-state index is -0.0139. The van der Waals surface area contributed by atoms with Crippen molar-refractivity contribution in [2.45, 2.75) is 12.3 Å². The second kappa shape index (κ2) is 5.04. The maximum Gasteiger partial charge on any atom is 0.134 e. The highest BCUT2D eigenvalue weighted by atomic mass is 35.5. The van der Waals surface area contributed by atoms with Crippen LogP contribution in [-0.2, 0) is 4.74 Å². The van der Waals surface area contributed by atoms with E-state index in [0.29, 0.717) is 12.5 Å². The highest BCUT2D eigenvalue weighted by Crippen LogP contribution is 2.23. The number of nitrogens with zero attached hydrogens (tertiary/aromatic N) is 1.